The van der Waals surface area contributed by atoms with Gasteiger partial charge in [0.25, 0.3) is 5.91 Å². The van der Waals surface area contributed by atoms with E-state index < -0.39 is 0 Å². The van der Waals surface area contributed by atoms with Gasteiger partial charge in [-0.2, -0.15) is 5.26 Å². The summed E-state index contributed by atoms with van der Waals surface area (Å²) in [6.07, 6.45) is 2.47. The Morgan fingerprint density at radius 1 is 1.11 bits per heavy atom. The summed E-state index contributed by atoms with van der Waals surface area (Å²) < 4.78 is 23.2. The van der Waals surface area contributed by atoms with Crippen LogP contribution < -0.4 is 9.47 Å². The van der Waals surface area contributed by atoms with Gasteiger partial charge < -0.3 is 23.5 Å². The molecule has 1 atom stereocenters. The van der Waals surface area contributed by atoms with Crippen molar-refractivity contribution < 1.29 is 23.4 Å². The Labute approximate surface area is 208 Å². The van der Waals surface area contributed by atoms with Gasteiger partial charge in [0.05, 0.1) is 31.5 Å². The second-order valence-corrected chi connectivity index (χ2v) is 8.72. The largest absolute Gasteiger partial charge is 0.496 e. The van der Waals surface area contributed by atoms with Crippen molar-refractivity contribution in [2.75, 3.05) is 34.4 Å². The van der Waals surface area contributed by atoms with Gasteiger partial charge >= 0.3 is 0 Å². The number of pyridine rings is 1. The molecule has 1 fully saturated rings. The summed E-state index contributed by atoms with van der Waals surface area (Å²) in [7, 11) is 4.96. The number of carbonyl (C=O) groups excluding carboxylic acids is 1. The molecule has 1 unspecified atom stereocenters. The number of fused-ring (bicyclic) bond motifs is 1. The number of hydrogen-bond acceptors (Lipinski definition) is 7. The van der Waals surface area contributed by atoms with Crippen LogP contribution in [0, 0.1) is 11.3 Å². The van der Waals surface area contributed by atoms with E-state index in [-0.39, 0.29) is 12.0 Å². The fourth-order valence-corrected chi connectivity index (χ4v) is 4.26. The lowest BCUT2D eigenvalue weighted by Gasteiger charge is -2.14. The van der Waals surface area contributed by atoms with E-state index in [0.717, 1.165) is 17.5 Å². The first-order valence-corrected chi connectivity index (χ1v) is 11.6. The molecule has 1 aliphatic rings. The molecule has 2 aromatic carbocycles. The van der Waals surface area contributed by atoms with Gasteiger partial charge in [0.2, 0.25) is 0 Å². The molecule has 4 aromatic rings. The number of nitriles is 1. The number of nitrogens with zero attached hydrogens (tertiary/aromatic N) is 3. The van der Waals surface area contributed by atoms with Crippen LogP contribution in [0.5, 0.6) is 11.5 Å². The van der Waals surface area contributed by atoms with E-state index in [9.17, 15) is 10.1 Å². The van der Waals surface area contributed by atoms with Crippen LogP contribution >= 0.6 is 0 Å². The highest BCUT2D eigenvalue weighted by molar-refractivity contribution is 5.96. The lowest BCUT2D eigenvalue weighted by Crippen LogP contribution is -2.21. The number of furan rings is 1. The molecule has 8 heteroatoms. The maximum absolute atomic E-state index is 12.4. The molecule has 1 amide bonds. The molecule has 3 heterocycles. The zero-order valence-corrected chi connectivity index (χ0v) is 20.3. The number of carbonyl (C=O) groups is 1. The van der Waals surface area contributed by atoms with Crippen LogP contribution in [0.2, 0.25) is 0 Å². The first-order valence-electron chi connectivity index (χ1n) is 11.6. The maximum Gasteiger partial charge on any atom is 0.253 e. The number of ether oxygens (including phenoxy) is 3. The van der Waals surface area contributed by atoms with E-state index in [0.29, 0.717) is 58.3 Å². The van der Waals surface area contributed by atoms with E-state index in [1.54, 1.807) is 51.7 Å². The molecule has 8 nitrogen and oxygen atoms in total. The van der Waals surface area contributed by atoms with Crippen molar-refractivity contribution in [1.82, 2.24) is 9.88 Å². The molecule has 0 spiro atoms. The Morgan fingerprint density at radius 3 is 2.69 bits per heavy atom. The number of amides is 1. The van der Waals surface area contributed by atoms with Crippen LogP contribution in [0.3, 0.4) is 0 Å². The van der Waals surface area contributed by atoms with Gasteiger partial charge in [-0.25, -0.2) is 0 Å². The minimum Gasteiger partial charge on any atom is -0.496 e. The van der Waals surface area contributed by atoms with Gasteiger partial charge in [-0.05, 0) is 42.0 Å². The fraction of sp³-hybridized carbons (Fsp3) is 0.250. The average molecular weight is 484 g/mol. The number of benzene rings is 2. The molecule has 36 heavy (non-hydrogen) atoms. The first-order chi connectivity index (χ1) is 17.5. The lowest BCUT2D eigenvalue weighted by molar-refractivity contribution is 0.0827. The zero-order valence-electron chi connectivity index (χ0n) is 20.3. The minimum absolute atomic E-state index is 0.0439. The molecule has 0 radical (unpaired) electrons. The molecule has 182 valence electrons. The number of aromatic nitrogens is 1. The molecule has 5 rings (SSSR count). The quantitative estimate of drug-likeness (QED) is 0.384. The zero-order chi connectivity index (χ0) is 25.2. The molecule has 1 aliphatic heterocycles. The van der Waals surface area contributed by atoms with Gasteiger partial charge in [-0.3, -0.25) is 9.78 Å². The van der Waals surface area contributed by atoms with Crippen molar-refractivity contribution in [2.24, 2.45) is 0 Å². The van der Waals surface area contributed by atoms with Crippen LogP contribution in [0.1, 0.15) is 22.3 Å². The van der Waals surface area contributed by atoms with Gasteiger partial charge in [0, 0.05) is 43.9 Å². The summed E-state index contributed by atoms with van der Waals surface area (Å²) in [5.41, 5.74) is 4.54. The number of rotatable bonds is 6. The van der Waals surface area contributed by atoms with Crippen LogP contribution in [-0.4, -0.2) is 56.3 Å². The SMILES string of the molecule is COc1cc(C(=O)N(C)C)ccc1-c1cc2nccc(-c3ccc(OC4CCOC4)c(C#N)c3)c2o1. The Kier molecular flexibility index (Phi) is 6.32. The summed E-state index contributed by atoms with van der Waals surface area (Å²) >= 11 is 0. The monoisotopic (exact) mass is 483 g/mol. The maximum atomic E-state index is 12.4. The molecular formula is C28H25N3O5. The number of methoxy groups -OCH3 is 1. The van der Waals surface area contributed by atoms with E-state index in [1.807, 2.05) is 24.3 Å². The topological polar surface area (TPSA) is 97.8 Å². The van der Waals surface area contributed by atoms with E-state index in [2.05, 4.69) is 11.1 Å². The molecule has 0 bridgehead atoms. The van der Waals surface area contributed by atoms with Gasteiger partial charge in [-0.15, -0.1) is 0 Å². The van der Waals surface area contributed by atoms with Crippen molar-refractivity contribution in [3.05, 3.63) is 65.9 Å². The third kappa shape index (κ3) is 4.37. The van der Waals surface area contributed by atoms with Crippen molar-refractivity contribution >= 4 is 17.0 Å². The molecular weight excluding hydrogens is 458 g/mol. The summed E-state index contributed by atoms with van der Waals surface area (Å²) in [6, 6.07) is 16.7. The number of hydrogen-bond donors (Lipinski definition) is 0. The normalized spacial score (nSPS) is 15.0. The van der Waals surface area contributed by atoms with Crippen molar-refractivity contribution in [3.63, 3.8) is 0 Å². The first kappa shape index (κ1) is 23.4. The second-order valence-electron chi connectivity index (χ2n) is 8.72. The fourth-order valence-electron chi connectivity index (χ4n) is 4.26. The third-order valence-electron chi connectivity index (χ3n) is 6.12. The highest BCUT2D eigenvalue weighted by atomic mass is 16.5. The average Bonchev–Trinajstić information content (AvgIpc) is 3.57. The second kappa shape index (κ2) is 9.72. The standard InChI is InChI=1S/C28H25N3O5/c1-31(2)28(32)18-4-6-22(25(13-18)33-3)26-14-23-27(36-26)21(8-10-30-23)17-5-7-24(19(12-17)15-29)35-20-9-11-34-16-20/h4-8,10,12-14,20H,9,11,16H2,1-3H3. The van der Waals surface area contributed by atoms with Crippen molar-refractivity contribution in [1.29, 1.82) is 5.26 Å². The Hall–Kier alpha value is -4.35. The van der Waals surface area contributed by atoms with Crippen LogP contribution in [0.25, 0.3) is 33.6 Å². The van der Waals surface area contributed by atoms with Crippen molar-refractivity contribution in [2.45, 2.75) is 12.5 Å². The highest BCUT2D eigenvalue weighted by Crippen LogP contribution is 2.38. The van der Waals surface area contributed by atoms with Crippen LogP contribution in [0.15, 0.2) is 59.1 Å². The Morgan fingerprint density at radius 2 is 1.97 bits per heavy atom. The summed E-state index contributed by atoms with van der Waals surface area (Å²) in [6.45, 7) is 1.19. The van der Waals surface area contributed by atoms with E-state index in [1.165, 1.54) is 4.90 Å². The predicted molar refractivity (Wildman–Crippen MR) is 134 cm³/mol. The van der Waals surface area contributed by atoms with Crippen molar-refractivity contribution in [3.8, 4) is 40.0 Å². The summed E-state index contributed by atoms with van der Waals surface area (Å²) in [5.74, 6) is 1.51. The molecule has 0 aliphatic carbocycles. The summed E-state index contributed by atoms with van der Waals surface area (Å²) in [4.78, 5) is 18.4. The predicted octanol–water partition coefficient (Wildman–Crippen LogP) is 4.91. The third-order valence-corrected chi connectivity index (χ3v) is 6.12. The Balaban J connectivity index is 1.53. The molecule has 1 saturated heterocycles. The molecule has 2 aromatic heterocycles. The van der Waals surface area contributed by atoms with Gasteiger partial charge in [0.15, 0.2) is 5.58 Å². The van der Waals surface area contributed by atoms with E-state index in [4.69, 9.17) is 18.6 Å². The lowest BCUT2D eigenvalue weighted by atomic mass is 10.0. The van der Waals surface area contributed by atoms with Gasteiger partial charge in [0.1, 0.15) is 34.9 Å². The van der Waals surface area contributed by atoms with Crippen LogP contribution in [-0.2, 0) is 4.74 Å². The van der Waals surface area contributed by atoms with E-state index >= 15 is 0 Å². The minimum atomic E-state index is -0.116. The smallest absolute Gasteiger partial charge is 0.253 e. The molecule has 0 N–H and O–H groups in total. The summed E-state index contributed by atoms with van der Waals surface area (Å²) in [5, 5.41) is 9.75. The highest BCUT2D eigenvalue weighted by Gasteiger charge is 2.21. The van der Waals surface area contributed by atoms with Crippen LogP contribution in [0.4, 0.5) is 0 Å². The van der Waals surface area contributed by atoms with Gasteiger partial charge in [-0.1, -0.05) is 6.07 Å². The molecule has 0 saturated carbocycles. The Bertz CT molecular complexity index is 1480.